The van der Waals surface area contributed by atoms with Gasteiger partial charge in [0.1, 0.15) is 40.2 Å². The fourth-order valence-electron chi connectivity index (χ4n) is 10.6. The first-order valence-corrected chi connectivity index (χ1v) is 31.8. The van der Waals surface area contributed by atoms with Crippen LogP contribution in [0.3, 0.4) is 0 Å². The number of fused-ring (bicyclic) bond motifs is 2. The Morgan fingerprint density at radius 3 is 1.15 bits per heavy atom. The largest absolute Gasteiger partial charge is 0.496 e. The van der Waals surface area contributed by atoms with Gasteiger partial charge in [0.15, 0.2) is 0 Å². The quantitative estimate of drug-likeness (QED) is 0.0810. The lowest BCUT2D eigenvalue weighted by Crippen LogP contribution is -2.07. The number of hydrogen-bond donors (Lipinski definition) is 0. The molecule has 85 heavy (non-hydrogen) atoms. The third-order valence-electron chi connectivity index (χ3n) is 14.9. The predicted molar refractivity (Wildman–Crippen MR) is 333 cm³/mol. The van der Waals surface area contributed by atoms with Crippen LogP contribution in [0.25, 0.3) is 32.7 Å². The van der Waals surface area contributed by atoms with E-state index < -0.39 is 29.5 Å². The maximum absolute atomic E-state index is 14.0. The summed E-state index contributed by atoms with van der Waals surface area (Å²) >= 11 is 0. The van der Waals surface area contributed by atoms with Crippen LogP contribution in [0.5, 0.6) is 40.2 Å². The summed E-state index contributed by atoms with van der Waals surface area (Å²) in [5.74, 6) is 3.36. The van der Waals surface area contributed by atoms with Crippen molar-refractivity contribution in [3.05, 3.63) is 295 Å². The van der Waals surface area contributed by atoms with Crippen molar-refractivity contribution in [3.8, 4) is 40.2 Å². The zero-order valence-corrected chi connectivity index (χ0v) is 48.5. The monoisotopic (exact) mass is 1170 g/mol. The molecular weight excluding hydrogens is 1120 g/mol. The maximum Gasteiger partial charge on any atom is 0.206 e. The van der Waals surface area contributed by atoms with Gasteiger partial charge in [-0.05, 0) is 204 Å². The molecule has 0 heterocycles. The molecule has 11 aromatic rings. The molecule has 420 valence electrons. The number of aryl methyl sites for hydroxylation is 1. The minimum atomic E-state index is -3.96. The van der Waals surface area contributed by atoms with Crippen molar-refractivity contribution in [2.75, 3.05) is 7.11 Å². The van der Waals surface area contributed by atoms with E-state index in [0.717, 1.165) is 61.5 Å². The summed E-state index contributed by atoms with van der Waals surface area (Å²) in [6.07, 6.45) is 9.55. The molecule has 0 saturated carbocycles. The second kappa shape index (κ2) is 23.5. The molecule has 12 rings (SSSR count). The standard InChI is InChI=1S/C72H54O10S3/c1-49-21-33-57(34-22-49)83(73,74)58-35-23-52(24-36-58)80-53-25-37-59(38-26-53)84(75,76)60-39-27-54(28-40-60)81-55-29-41-61(42-30-55)85(77,78)62-43-31-56(32-44-62)82-70-48-46-68(64-18-10-12-20-66(64)70)72(51-15-7-4-8-16-51)71(50-13-5-3-6-14-50)67-45-47-69(79-2)65-19-11-9-17-63(65)67/h3-13,15-48,50H,14H2,1-2H3/b72-71+. The summed E-state index contributed by atoms with van der Waals surface area (Å²) in [4.78, 5) is 0.506. The van der Waals surface area contributed by atoms with E-state index in [0.29, 0.717) is 34.5 Å². The molecule has 0 fully saturated rings. The summed E-state index contributed by atoms with van der Waals surface area (Å²) in [5.41, 5.74) is 6.49. The summed E-state index contributed by atoms with van der Waals surface area (Å²) in [6, 6.07) is 72.2. The highest BCUT2D eigenvalue weighted by Crippen LogP contribution is 2.47. The molecule has 0 radical (unpaired) electrons. The summed E-state index contributed by atoms with van der Waals surface area (Å²) in [6.45, 7) is 1.88. The van der Waals surface area contributed by atoms with Gasteiger partial charge in [-0.1, -0.05) is 127 Å². The van der Waals surface area contributed by atoms with Gasteiger partial charge in [-0.25, -0.2) is 25.3 Å². The van der Waals surface area contributed by atoms with Crippen LogP contribution in [0.4, 0.5) is 0 Å². The van der Waals surface area contributed by atoms with Crippen LogP contribution in [0.2, 0.25) is 0 Å². The molecule has 0 spiro atoms. The molecule has 1 unspecified atom stereocenters. The Hall–Kier alpha value is -9.79. The molecule has 11 aromatic carbocycles. The maximum atomic E-state index is 14.0. The lowest BCUT2D eigenvalue weighted by atomic mass is 9.78. The van der Waals surface area contributed by atoms with Gasteiger partial charge >= 0.3 is 0 Å². The Balaban J connectivity index is 0.730. The van der Waals surface area contributed by atoms with Gasteiger partial charge in [-0.2, -0.15) is 0 Å². The van der Waals surface area contributed by atoms with Crippen LogP contribution in [0.15, 0.2) is 302 Å². The van der Waals surface area contributed by atoms with Gasteiger partial charge in [0, 0.05) is 16.7 Å². The summed E-state index contributed by atoms with van der Waals surface area (Å²) < 4.78 is 106. The molecule has 1 atom stereocenters. The minimum Gasteiger partial charge on any atom is -0.496 e. The molecule has 13 heteroatoms. The molecule has 0 aliphatic heterocycles. The Morgan fingerprint density at radius 1 is 0.365 bits per heavy atom. The second-order valence-electron chi connectivity index (χ2n) is 20.3. The first kappa shape index (κ1) is 55.7. The normalized spacial score (nSPS) is 13.7. The number of benzene rings is 11. The van der Waals surface area contributed by atoms with Gasteiger partial charge in [0.2, 0.25) is 29.5 Å². The van der Waals surface area contributed by atoms with E-state index in [-0.39, 0.29) is 35.3 Å². The third-order valence-corrected chi connectivity index (χ3v) is 20.3. The van der Waals surface area contributed by atoms with Gasteiger partial charge in [-0.3, -0.25) is 0 Å². The van der Waals surface area contributed by atoms with Gasteiger partial charge in [0.25, 0.3) is 0 Å². The predicted octanol–water partition coefficient (Wildman–Crippen LogP) is 17.3. The number of hydrogen-bond acceptors (Lipinski definition) is 10. The fourth-order valence-corrected chi connectivity index (χ4v) is 14.4. The van der Waals surface area contributed by atoms with E-state index in [1.807, 2.05) is 43.3 Å². The average molecular weight is 1180 g/mol. The number of allylic oxidation sites excluding steroid dienone is 5. The molecule has 0 bridgehead atoms. The van der Waals surface area contributed by atoms with Crippen molar-refractivity contribution in [1.29, 1.82) is 0 Å². The number of sulfone groups is 3. The molecule has 10 nitrogen and oxygen atoms in total. The smallest absolute Gasteiger partial charge is 0.206 e. The van der Waals surface area contributed by atoms with Crippen LogP contribution in [0, 0.1) is 12.8 Å². The topological polar surface area (TPSA) is 139 Å². The number of rotatable bonds is 17. The van der Waals surface area contributed by atoms with E-state index in [9.17, 15) is 25.3 Å². The highest BCUT2D eigenvalue weighted by atomic mass is 32.2. The Morgan fingerprint density at radius 2 is 0.729 bits per heavy atom. The van der Waals surface area contributed by atoms with Gasteiger partial charge in [0.05, 0.1) is 36.5 Å². The molecule has 0 saturated heterocycles. The van der Waals surface area contributed by atoms with Crippen molar-refractivity contribution in [1.82, 2.24) is 0 Å². The van der Waals surface area contributed by atoms with E-state index in [1.165, 1.54) is 90.5 Å². The van der Waals surface area contributed by atoms with Crippen molar-refractivity contribution in [2.24, 2.45) is 5.92 Å². The third kappa shape index (κ3) is 11.4. The van der Waals surface area contributed by atoms with Crippen molar-refractivity contribution in [2.45, 2.75) is 42.7 Å². The van der Waals surface area contributed by atoms with Crippen molar-refractivity contribution in [3.63, 3.8) is 0 Å². The molecule has 0 aromatic heterocycles. The van der Waals surface area contributed by atoms with Crippen LogP contribution in [-0.2, 0) is 29.5 Å². The van der Waals surface area contributed by atoms with Gasteiger partial charge in [-0.15, -0.1) is 0 Å². The zero-order chi connectivity index (χ0) is 58.7. The summed E-state index contributed by atoms with van der Waals surface area (Å²) in [5, 5.41) is 4.01. The molecule has 1 aliphatic rings. The van der Waals surface area contributed by atoms with E-state index >= 15 is 0 Å². The molecule has 0 amide bonds. The van der Waals surface area contributed by atoms with Crippen LogP contribution in [0.1, 0.15) is 28.7 Å². The lowest BCUT2D eigenvalue weighted by molar-refractivity contribution is 0.420. The molecule has 0 N–H and O–H groups in total. The number of methoxy groups -OCH3 is 1. The highest BCUT2D eigenvalue weighted by molar-refractivity contribution is 7.92. The summed E-state index contributed by atoms with van der Waals surface area (Å²) in [7, 11) is -9.91. The Kier molecular flexibility index (Phi) is 15.4. The Bertz CT molecular complexity index is 4730. The van der Waals surface area contributed by atoms with Crippen LogP contribution >= 0.6 is 0 Å². The first-order chi connectivity index (χ1) is 41.2. The SMILES string of the molecule is COc1ccc(/C(=C(\c2ccccc2)c2ccc(Oc3ccc(S(=O)(=O)c4ccc(Oc5ccc(S(=O)(=O)c6ccc(Oc7ccc(S(=O)(=O)c8ccc(C)cc8)cc7)cc6)cc5)cc4)cc3)c3ccccc23)C2C=CC=CC2)c2ccccc12. The fraction of sp³-hybridized carbons (Fsp3) is 0.0556. The molecule has 1 aliphatic carbocycles. The minimum absolute atomic E-state index is 0.0305. The van der Waals surface area contributed by atoms with Crippen LogP contribution in [-0.4, -0.2) is 32.4 Å². The zero-order valence-electron chi connectivity index (χ0n) is 46.1. The highest BCUT2D eigenvalue weighted by Gasteiger charge is 2.26. The first-order valence-electron chi connectivity index (χ1n) is 27.3. The van der Waals surface area contributed by atoms with Crippen LogP contribution < -0.4 is 18.9 Å². The van der Waals surface area contributed by atoms with E-state index in [4.69, 9.17) is 18.9 Å². The Labute approximate surface area is 494 Å². The van der Waals surface area contributed by atoms with Gasteiger partial charge < -0.3 is 18.9 Å². The van der Waals surface area contributed by atoms with E-state index in [2.05, 4.69) is 91.0 Å². The number of ether oxygens (including phenoxy) is 4. The van der Waals surface area contributed by atoms with E-state index in [1.54, 1.807) is 67.8 Å². The van der Waals surface area contributed by atoms with Crippen molar-refractivity contribution >= 4 is 62.2 Å². The molecular formula is C72H54O10S3. The average Bonchev–Trinajstić information content (AvgIpc) is 1.98. The second-order valence-corrected chi connectivity index (χ2v) is 26.2. The lowest BCUT2D eigenvalue weighted by Gasteiger charge is -2.26. The van der Waals surface area contributed by atoms with Crippen molar-refractivity contribution < 1.29 is 44.2 Å².